The third-order valence-electron chi connectivity index (χ3n) is 3.94. The monoisotopic (exact) mass is 432 g/mol. The van der Waals surface area contributed by atoms with Crippen molar-refractivity contribution in [1.82, 2.24) is 15.0 Å². The number of ether oxygens (including phenoxy) is 2. The second kappa shape index (κ2) is 9.33. The summed E-state index contributed by atoms with van der Waals surface area (Å²) in [4.78, 5) is 46.7. The molecule has 0 radical (unpaired) electrons. The standard InChI is InChI=1S/C19H17ClN4O6/c1-2-29-5-6-30-19-21-9-11-7-12(17(26)23-15(11)24-19)16(25)22-14-8-10(18(27)28)3-4-13(14)20/h3-4,7-9H,2,5-6H2,1H3,(H,22,25)(H,27,28)(H,21,23,24,26). The minimum atomic E-state index is -1.18. The molecule has 0 saturated heterocycles. The van der Waals surface area contributed by atoms with Crippen molar-refractivity contribution in [1.29, 1.82) is 0 Å². The maximum Gasteiger partial charge on any atom is 0.335 e. The zero-order chi connectivity index (χ0) is 21.7. The Morgan fingerprint density at radius 2 is 2.07 bits per heavy atom. The Morgan fingerprint density at radius 3 is 2.80 bits per heavy atom. The first-order valence-electron chi connectivity index (χ1n) is 8.84. The molecule has 30 heavy (non-hydrogen) atoms. The first-order chi connectivity index (χ1) is 14.4. The number of aromatic nitrogens is 3. The van der Waals surface area contributed by atoms with Crippen LogP contribution in [0.5, 0.6) is 6.01 Å². The molecule has 0 saturated carbocycles. The van der Waals surface area contributed by atoms with Crippen LogP contribution in [0.4, 0.5) is 5.69 Å². The van der Waals surface area contributed by atoms with Crippen molar-refractivity contribution in [2.45, 2.75) is 6.92 Å². The van der Waals surface area contributed by atoms with Crippen LogP contribution in [-0.2, 0) is 4.74 Å². The van der Waals surface area contributed by atoms with Crippen molar-refractivity contribution in [3.63, 3.8) is 0 Å². The van der Waals surface area contributed by atoms with Crippen molar-refractivity contribution in [2.75, 3.05) is 25.1 Å². The van der Waals surface area contributed by atoms with Gasteiger partial charge in [0.25, 0.3) is 11.5 Å². The number of H-pyrrole nitrogens is 1. The Kier molecular flexibility index (Phi) is 6.60. The number of fused-ring (bicyclic) bond motifs is 1. The van der Waals surface area contributed by atoms with Gasteiger partial charge < -0.3 is 24.9 Å². The molecular weight excluding hydrogens is 416 g/mol. The van der Waals surface area contributed by atoms with E-state index >= 15 is 0 Å². The molecular formula is C19H17ClN4O6. The van der Waals surface area contributed by atoms with E-state index in [1.807, 2.05) is 6.92 Å². The Labute approximate surface area is 174 Å². The number of aromatic carboxylic acids is 1. The van der Waals surface area contributed by atoms with Gasteiger partial charge in [-0.05, 0) is 31.2 Å². The molecule has 0 aliphatic carbocycles. The first kappa shape index (κ1) is 21.2. The van der Waals surface area contributed by atoms with Gasteiger partial charge in [0.1, 0.15) is 17.8 Å². The Balaban J connectivity index is 1.83. The molecule has 3 rings (SSSR count). The number of carboxylic acids is 1. The number of amides is 1. The second-order valence-electron chi connectivity index (χ2n) is 5.97. The number of aromatic amines is 1. The topological polar surface area (TPSA) is 144 Å². The minimum Gasteiger partial charge on any atom is -0.478 e. The average Bonchev–Trinajstić information content (AvgIpc) is 2.72. The molecule has 2 aromatic heterocycles. The van der Waals surface area contributed by atoms with E-state index in [0.29, 0.717) is 18.6 Å². The molecule has 0 aliphatic heterocycles. The van der Waals surface area contributed by atoms with E-state index in [1.54, 1.807) is 0 Å². The van der Waals surface area contributed by atoms with Crippen LogP contribution >= 0.6 is 11.6 Å². The molecule has 11 heteroatoms. The predicted octanol–water partition coefficient (Wildman–Crippen LogP) is 2.34. The van der Waals surface area contributed by atoms with Gasteiger partial charge in [-0.15, -0.1) is 0 Å². The number of carboxylic acid groups (broad SMARTS) is 1. The fourth-order valence-electron chi connectivity index (χ4n) is 2.49. The SMILES string of the molecule is CCOCCOc1ncc2cc(C(=O)Nc3cc(C(=O)O)ccc3Cl)c(=O)[nH]c2n1. The van der Waals surface area contributed by atoms with Crippen LogP contribution in [0.3, 0.4) is 0 Å². The lowest BCUT2D eigenvalue weighted by Gasteiger charge is -2.09. The number of hydrogen-bond acceptors (Lipinski definition) is 7. The third-order valence-corrected chi connectivity index (χ3v) is 4.27. The predicted molar refractivity (Wildman–Crippen MR) is 109 cm³/mol. The Hall–Kier alpha value is -3.50. The summed E-state index contributed by atoms with van der Waals surface area (Å²) in [5.41, 5.74) is -0.705. The number of rotatable bonds is 8. The zero-order valence-corrected chi connectivity index (χ0v) is 16.5. The highest BCUT2D eigenvalue weighted by atomic mass is 35.5. The minimum absolute atomic E-state index is 0.0623. The molecule has 3 N–H and O–H groups in total. The fourth-order valence-corrected chi connectivity index (χ4v) is 2.66. The van der Waals surface area contributed by atoms with E-state index in [2.05, 4.69) is 20.3 Å². The quantitative estimate of drug-likeness (QED) is 0.460. The van der Waals surface area contributed by atoms with Crippen LogP contribution in [0.1, 0.15) is 27.6 Å². The van der Waals surface area contributed by atoms with Crippen LogP contribution < -0.4 is 15.6 Å². The van der Waals surface area contributed by atoms with Crippen molar-refractivity contribution in [2.24, 2.45) is 0 Å². The summed E-state index contributed by atoms with van der Waals surface area (Å²) in [6.07, 6.45) is 1.41. The van der Waals surface area contributed by atoms with Gasteiger partial charge in [-0.3, -0.25) is 9.59 Å². The van der Waals surface area contributed by atoms with Gasteiger partial charge in [0, 0.05) is 18.2 Å². The summed E-state index contributed by atoms with van der Waals surface area (Å²) in [6.45, 7) is 3.05. The number of nitrogens with one attached hydrogen (secondary N) is 2. The second-order valence-corrected chi connectivity index (χ2v) is 6.38. The maximum absolute atomic E-state index is 12.6. The Morgan fingerprint density at radius 1 is 1.27 bits per heavy atom. The smallest absolute Gasteiger partial charge is 0.335 e. The van der Waals surface area contributed by atoms with Crippen LogP contribution in [0.25, 0.3) is 11.0 Å². The van der Waals surface area contributed by atoms with Crippen LogP contribution in [0.2, 0.25) is 5.02 Å². The molecule has 0 fully saturated rings. The molecule has 0 unspecified atom stereocenters. The number of anilines is 1. The zero-order valence-electron chi connectivity index (χ0n) is 15.8. The van der Waals surface area contributed by atoms with E-state index in [1.165, 1.54) is 30.5 Å². The normalized spacial score (nSPS) is 10.7. The van der Waals surface area contributed by atoms with Gasteiger partial charge in [0.2, 0.25) is 0 Å². The third kappa shape index (κ3) is 4.91. The first-order valence-corrected chi connectivity index (χ1v) is 9.21. The van der Waals surface area contributed by atoms with Crippen molar-refractivity contribution < 1.29 is 24.2 Å². The van der Waals surface area contributed by atoms with Gasteiger partial charge in [0.15, 0.2) is 0 Å². The molecule has 3 aromatic rings. The van der Waals surface area contributed by atoms with Gasteiger partial charge in [0.05, 0.1) is 22.9 Å². The van der Waals surface area contributed by atoms with Gasteiger partial charge in [-0.25, -0.2) is 9.78 Å². The highest BCUT2D eigenvalue weighted by Crippen LogP contribution is 2.24. The molecule has 0 aliphatic rings. The summed E-state index contributed by atoms with van der Waals surface area (Å²) >= 11 is 6.01. The molecule has 10 nitrogen and oxygen atoms in total. The number of carbonyl (C=O) groups is 2. The van der Waals surface area contributed by atoms with Gasteiger partial charge >= 0.3 is 12.0 Å². The number of pyridine rings is 1. The van der Waals surface area contributed by atoms with E-state index in [9.17, 15) is 14.4 Å². The highest BCUT2D eigenvalue weighted by Gasteiger charge is 2.16. The molecule has 0 spiro atoms. The van der Waals surface area contributed by atoms with Crippen LogP contribution in [-0.4, -0.2) is 51.8 Å². The van der Waals surface area contributed by atoms with Crippen molar-refractivity contribution >= 4 is 40.2 Å². The van der Waals surface area contributed by atoms with Gasteiger partial charge in [-0.1, -0.05) is 11.6 Å². The Bertz CT molecular complexity index is 1160. The lowest BCUT2D eigenvalue weighted by Crippen LogP contribution is -2.23. The number of carbonyl (C=O) groups excluding carboxylic acids is 1. The summed E-state index contributed by atoms with van der Waals surface area (Å²) in [5, 5.41) is 12.1. The lowest BCUT2D eigenvalue weighted by atomic mass is 10.1. The molecule has 2 heterocycles. The molecule has 0 bridgehead atoms. The van der Waals surface area contributed by atoms with E-state index < -0.39 is 17.4 Å². The number of benzene rings is 1. The molecule has 1 amide bonds. The van der Waals surface area contributed by atoms with E-state index in [-0.39, 0.29) is 40.1 Å². The molecule has 1 aromatic carbocycles. The van der Waals surface area contributed by atoms with E-state index in [0.717, 1.165) is 0 Å². The lowest BCUT2D eigenvalue weighted by molar-refractivity contribution is 0.0696. The summed E-state index contributed by atoms with van der Waals surface area (Å²) in [6, 6.07) is 5.22. The molecule has 156 valence electrons. The number of halogens is 1. The van der Waals surface area contributed by atoms with Crippen LogP contribution in [0.15, 0.2) is 35.3 Å². The van der Waals surface area contributed by atoms with Crippen LogP contribution in [0, 0.1) is 0 Å². The summed E-state index contributed by atoms with van der Waals surface area (Å²) in [7, 11) is 0. The largest absolute Gasteiger partial charge is 0.478 e. The summed E-state index contributed by atoms with van der Waals surface area (Å²) < 4.78 is 10.5. The fraction of sp³-hybridized carbons (Fsp3) is 0.211. The number of nitrogens with zero attached hydrogens (tertiary/aromatic N) is 2. The van der Waals surface area contributed by atoms with Crippen molar-refractivity contribution in [3.05, 3.63) is 57.0 Å². The van der Waals surface area contributed by atoms with Crippen molar-refractivity contribution in [3.8, 4) is 6.01 Å². The molecule has 0 atom stereocenters. The average molecular weight is 433 g/mol. The highest BCUT2D eigenvalue weighted by molar-refractivity contribution is 6.34. The maximum atomic E-state index is 12.6. The summed E-state index contributed by atoms with van der Waals surface area (Å²) in [5.74, 6) is -1.94. The van der Waals surface area contributed by atoms with E-state index in [4.69, 9.17) is 26.2 Å². The van der Waals surface area contributed by atoms with Gasteiger partial charge in [-0.2, -0.15) is 4.98 Å². The number of hydrogen-bond donors (Lipinski definition) is 3.